The molecule has 0 saturated carbocycles. The van der Waals surface area contributed by atoms with Gasteiger partial charge in [-0.1, -0.05) is 104 Å². The van der Waals surface area contributed by atoms with Gasteiger partial charge < -0.3 is 0 Å². The summed E-state index contributed by atoms with van der Waals surface area (Å²) < 4.78 is 0. The van der Waals surface area contributed by atoms with Gasteiger partial charge in [-0.15, -0.1) is 0 Å². The molecule has 0 bridgehead atoms. The highest BCUT2D eigenvalue weighted by Crippen LogP contribution is 2.13. The lowest BCUT2D eigenvalue weighted by Gasteiger charge is -2.03. The van der Waals surface area contributed by atoms with Crippen molar-refractivity contribution in [1.82, 2.24) is 0 Å². The fourth-order valence-electron chi connectivity index (χ4n) is 3.31. The monoisotopic (exact) mass is 352 g/mol. The smallest absolute Gasteiger partial charge is 0.140 e. The van der Waals surface area contributed by atoms with Gasteiger partial charge in [0.25, 0.3) is 0 Å². The Bertz CT molecular complexity index is 309. The van der Waals surface area contributed by atoms with Crippen LogP contribution in [0.4, 0.5) is 0 Å². The molecular formula is C23H44O2. The summed E-state index contributed by atoms with van der Waals surface area (Å²) in [6, 6.07) is 0. The van der Waals surface area contributed by atoms with Gasteiger partial charge in [0.05, 0.1) is 6.42 Å². The van der Waals surface area contributed by atoms with Gasteiger partial charge in [0.1, 0.15) is 11.6 Å². The molecule has 0 aromatic heterocycles. The Labute approximate surface area is 157 Å². The van der Waals surface area contributed by atoms with E-state index in [1.807, 2.05) is 0 Å². The van der Waals surface area contributed by atoms with Crippen LogP contribution in [0.3, 0.4) is 0 Å². The number of hydrogen-bond donors (Lipinski definition) is 0. The van der Waals surface area contributed by atoms with Gasteiger partial charge in [-0.05, 0) is 12.8 Å². The number of rotatable bonds is 20. The van der Waals surface area contributed by atoms with Crippen molar-refractivity contribution >= 4 is 11.6 Å². The van der Waals surface area contributed by atoms with Crippen LogP contribution < -0.4 is 0 Å². The minimum atomic E-state index is 0.146. The van der Waals surface area contributed by atoms with Gasteiger partial charge in [0.2, 0.25) is 0 Å². The molecule has 148 valence electrons. The van der Waals surface area contributed by atoms with Crippen LogP contribution in [0, 0.1) is 0 Å². The van der Waals surface area contributed by atoms with Crippen molar-refractivity contribution in [3.8, 4) is 0 Å². The Balaban J connectivity index is 3.24. The summed E-state index contributed by atoms with van der Waals surface area (Å²) in [6.07, 6.45) is 21.7. The maximum atomic E-state index is 11.8. The lowest BCUT2D eigenvalue weighted by Crippen LogP contribution is -2.07. The highest BCUT2D eigenvalue weighted by Gasteiger charge is 2.08. The molecular weight excluding hydrogens is 308 g/mol. The van der Waals surface area contributed by atoms with Crippen LogP contribution in [0.25, 0.3) is 0 Å². The maximum absolute atomic E-state index is 11.8. The molecule has 0 heterocycles. The molecule has 0 amide bonds. The third-order valence-electron chi connectivity index (χ3n) is 5.01. The molecule has 0 radical (unpaired) electrons. The second-order valence-electron chi connectivity index (χ2n) is 7.70. The molecule has 0 unspecified atom stereocenters. The third-order valence-corrected chi connectivity index (χ3v) is 5.01. The number of ketones is 2. The van der Waals surface area contributed by atoms with E-state index in [0.29, 0.717) is 12.8 Å². The van der Waals surface area contributed by atoms with Gasteiger partial charge >= 0.3 is 0 Å². The zero-order chi connectivity index (χ0) is 18.6. The highest BCUT2D eigenvalue weighted by molar-refractivity contribution is 5.98. The number of carbonyl (C=O) groups excluding carboxylic acids is 2. The van der Waals surface area contributed by atoms with Crippen LogP contribution >= 0.6 is 0 Å². The summed E-state index contributed by atoms with van der Waals surface area (Å²) in [5, 5.41) is 0. The first kappa shape index (κ1) is 24.3. The first-order valence-corrected chi connectivity index (χ1v) is 11.2. The highest BCUT2D eigenvalue weighted by atomic mass is 16.1. The summed E-state index contributed by atoms with van der Waals surface area (Å²) in [7, 11) is 0. The number of Topliss-reactive ketones (excluding diaryl/α,β-unsaturated/α-hetero) is 2. The Kier molecular flexibility index (Phi) is 19.1. The predicted octanol–water partition coefficient (Wildman–Crippen LogP) is 7.58. The van der Waals surface area contributed by atoms with Crippen molar-refractivity contribution in [2.75, 3.05) is 0 Å². The second kappa shape index (κ2) is 19.7. The molecule has 0 rings (SSSR count). The SMILES string of the molecule is CCCCCCCCCCCCCCCC(=O)CC(=O)CCCCC. The van der Waals surface area contributed by atoms with Crippen LogP contribution in [0.5, 0.6) is 0 Å². The van der Waals surface area contributed by atoms with Crippen molar-refractivity contribution in [2.24, 2.45) is 0 Å². The average Bonchev–Trinajstić information content (AvgIpc) is 2.59. The lowest BCUT2D eigenvalue weighted by atomic mass is 10.0. The summed E-state index contributed by atoms with van der Waals surface area (Å²) in [4.78, 5) is 23.4. The number of hydrogen-bond acceptors (Lipinski definition) is 2. The first-order chi connectivity index (χ1) is 12.2. The molecule has 0 fully saturated rings. The number of carbonyl (C=O) groups is 2. The van der Waals surface area contributed by atoms with Crippen LogP contribution in [0.15, 0.2) is 0 Å². The van der Waals surface area contributed by atoms with Crippen molar-refractivity contribution in [2.45, 2.75) is 136 Å². The van der Waals surface area contributed by atoms with Gasteiger partial charge in [0.15, 0.2) is 0 Å². The quantitative estimate of drug-likeness (QED) is 0.167. The zero-order valence-corrected chi connectivity index (χ0v) is 17.3. The molecule has 0 saturated heterocycles. The van der Waals surface area contributed by atoms with Crippen LogP contribution in [-0.2, 0) is 9.59 Å². The van der Waals surface area contributed by atoms with Crippen LogP contribution in [0.1, 0.15) is 136 Å². The van der Waals surface area contributed by atoms with E-state index in [1.54, 1.807) is 0 Å². The Morgan fingerprint density at radius 2 is 0.720 bits per heavy atom. The molecule has 0 spiro atoms. The normalized spacial score (nSPS) is 11.0. The van der Waals surface area contributed by atoms with Gasteiger partial charge in [0, 0.05) is 12.8 Å². The second-order valence-corrected chi connectivity index (χ2v) is 7.70. The van der Waals surface area contributed by atoms with Crippen molar-refractivity contribution in [1.29, 1.82) is 0 Å². The maximum Gasteiger partial charge on any atom is 0.140 e. The van der Waals surface area contributed by atoms with Crippen molar-refractivity contribution in [3.63, 3.8) is 0 Å². The zero-order valence-electron chi connectivity index (χ0n) is 17.3. The predicted molar refractivity (Wildman–Crippen MR) is 109 cm³/mol. The summed E-state index contributed by atoms with van der Waals surface area (Å²) >= 11 is 0. The lowest BCUT2D eigenvalue weighted by molar-refractivity contribution is -0.127. The molecule has 25 heavy (non-hydrogen) atoms. The van der Waals surface area contributed by atoms with E-state index >= 15 is 0 Å². The van der Waals surface area contributed by atoms with E-state index in [1.165, 1.54) is 70.6 Å². The molecule has 0 aromatic rings. The van der Waals surface area contributed by atoms with E-state index in [0.717, 1.165) is 32.1 Å². The van der Waals surface area contributed by atoms with Crippen molar-refractivity contribution in [3.05, 3.63) is 0 Å². The molecule has 0 N–H and O–H groups in total. The molecule has 2 nitrogen and oxygen atoms in total. The topological polar surface area (TPSA) is 34.1 Å². The van der Waals surface area contributed by atoms with Crippen molar-refractivity contribution < 1.29 is 9.59 Å². The Morgan fingerprint density at radius 1 is 0.440 bits per heavy atom. The van der Waals surface area contributed by atoms with E-state index < -0.39 is 0 Å². The van der Waals surface area contributed by atoms with E-state index in [4.69, 9.17) is 0 Å². The van der Waals surface area contributed by atoms with Gasteiger partial charge in [-0.3, -0.25) is 9.59 Å². The molecule has 0 aliphatic heterocycles. The molecule has 0 aliphatic carbocycles. The summed E-state index contributed by atoms with van der Waals surface area (Å²) in [6.45, 7) is 4.40. The fraction of sp³-hybridized carbons (Fsp3) is 0.913. The van der Waals surface area contributed by atoms with Crippen LogP contribution in [-0.4, -0.2) is 11.6 Å². The Hall–Kier alpha value is -0.660. The summed E-state index contributed by atoms with van der Waals surface area (Å²) in [5.41, 5.74) is 0. The third kappa shape index (κ3) is 19.5. The molecule has 0 aromatic carbocycles. The van der Waals surface area contributed by atoms with Gasteiger partial charge in [-0.2, -0.15) is 0 Å². The molecule has 0 aliphatic rings. The first-order valence-electron chi connectivity index (χ1n) is 11.2. The average molecular weight is 353 g/mol. The summed E-state index contributed by atoms with van der Waals surface area (Å²) in [5.74, 6) is 0.303. The molecule has 2 heteroatoms. The standard InChI is InChI=1S/C23H44O2/c1-3-5-7-8-9-10-11-12-13-14-15-16-18-20-23(25)21-22(24)19-17-6-4-2/h3-21H2,1-2H3. The van der Waals surface area contributed by atoms with Crippen LogP contribution in [0.2, 0.25) is 0 Å². The largest absolute Gasteiger partial charge is 0.299 e. The number of unbranched alkanes of at least 4 members (excludes halogenated alkanes) is 14. The van der Waals surface area contributed by atoms with E-state index in [2.05, 4.69) is 13.8 Å². The fourth-order valence-corrected chi connectivity index (χ4v) is 3.31. The van der Waals surface area contributed by atoms with Gasteiger partial charge in [-0.25, -0.2) is 0 Å². The molecule has 0 atom stereocenters. The Morgan fingerprint density at radius 3 is 1.12 bits per heavy atom. The minimum absolute atomic E-state index is 0.146. The minimum Gasteiger partial charge on any atom is -0.299 e. The van der Waals surface area contributed by atoms with E-state index in [9.17, 15) is 9.59 Å². The van der Waals surface area contributed by atoms with E-state index in [-0.39, 0.29) is 18.0 Å².